The molecule has 1 saturated heterocycles. The summed E-state index contributed by atoms with van der Waals surface area (Å²) in [5.41, 5.74) is 0.184. The first-order chi connectivity index (χ1) is 8.83. The molecule has 0 aromatic heterocycles. The van der Waals surface area contributed by atoms with E-state index >= 15 is 0 Å². The van der Waals surface area contributed by atoms with Crippen LogP contribution in [0.15, 0.2) is 29.2 Å². The molecule has 0 aliphatic carbocycles. The fourth-order valence-corrected chi connectivity index (χ4v) is 4.02. The minimum atomic E-state index is -3.58. The third kappa shape index (κ3) is 3.09. The molecule has 4 nitrogen and oxygen atoms in total. The zero-order chi connectivity index (χ0) is 14.1. The van der Waals surface area contributed by atoms with Gasteiger partial charge in [0, 0.05) is 13.1 Å². The van der Waals surface area contributed by atoms with Crippen molar-refractivity contribution in [1.82, 2.24) is 4.31 Å². The van der Waals surface area contributed by atoms with Crippen molar-refractivity contribution < 1.29 is 13.5 Å². The van der Waals surface area contributed by atoms with E-state index in [1.165, 1.54) is 16.4 Å². The van der Waals surface area contributed by atoms with Crippen LogP contribution in [0.3, 0.4) is 0 Å². The highest BCUT2D eigenvalue weighted by Gasteiger charge is 2.31. The van der Waals surface area contributed by atoms with Gasteiger partial charge in [-0.3, -0.25) is 0 Å². The summed E-state index contributed by atoms with van der Waals surface area (Å²) >= 11 is 0. The molecule has 0 bridgehead atoms. The van der Waals surface area contributed by atoms with E-state index in [1.807, 2.05) is 0 Å². The Balaban J connectivity index is 2.28. The molecule has 1 fully saturated rings. The fraction of sp³-hybridized carbons (Fsp3) is 0.571. The molecule has 5 heteroatoms. The van der Waals surface area contributed by atoms with Crippen molar-refractivity contribution in [3.63, 3.8) is 0 Å². The van der Waals surface area contributed by atoms with E-state index in [0.717, 1.165) is 19.3 Å². The normalized spacial score (nSPS) is 20.9. The molecule has 1 aliphatic heterocycles. The lowest BCUT2D eigenvalue weighted by Gasteiger charge is -2.23. The third-order valence-corrected chi connectivity index (χ3v) is 5.73. The first-order valence-corrected chi connectivity index (χ1v) is 8.05. The number of phenols is 1. The monoisotopic (exact) mass is 283 g/mol. The number of rotatable bonds is 2. The van der Waals surface area contributed by atoms with E-state index < -0.39 is 10.0 Å². The van der Waals surface area contributed by atoms with Gasteiger partial charge in [-0.1, -0.05) is 26.0 Å². The Morgan fingerprint density at radius 1 is 1.16 bits per heavy atom. The number of sulfonamides is 1. The summed E-state index contributed by atoms with van der Waals surface area (Å²) in [6.45, 7) is 5.38. The van der Waals surface area contributed by atoms with Crippen molar-refractivity contribution in [1.29, 1.82) is 0 Å². The summed E-state index contributed by atoms with van der Waals surface area (Å²) in [5, 5.41) is 9.74. The second-order valence-corrected chi connectivity index (χ2v) is 7.80. The first-order valence-electron chi connectivity index (χ1n) is 6.61. The molecular weight excluding hydrogens is 262 g/mol. The van der Waals surface area contributed by atoms with Gasteiger partial charge in [-0.2, -0.15) is 4.31 Å². The molecule has 1 N–H and O–H groups in total. The molecule has 0 unspecified atom stereocenters. The van der Waals surface area contributed by atoms with E-state index in [-0.39, 0.29) is 16.1 Å². The van der Waals surface area contributed by atoms with Crippen molar-refractivity contribution in [2.75, 3.05) is 13.1 Å². The maximum atomic E-state index is 12.5. The number of aromatic hydroxyl groups is 1. The summed E-state index contributed by atoms with van der Waals surface area (Å²) < 4.78 is 26.6. The van der Waals surface area contributed by atoms with Gasteiger partial charge in [0.25, 0.3) is 0 Å². The van der Waals surface area contributed by atoms with Crippen LogP contribution in [0.4, 0.5) is 0 Å². The predicted octanol–water partition coefficient (Wildman–Crippen LogP) is 2.59. The molecule has 0 saturated carbocycles. The number of hydrogen-bond acceptors (Lipinski definition) is 3. The summed E-state index contributed by atoms with van der Waals surface area (Å²) in [5.74, 6) is -0.175. The Morgan fingerprint density at radius 2 is 1.84 bits per heavy atom. The van der Waals surface area contributed by atoms with E-state index in [0.29, 0.717) is 13.1 Å². The second kappa shape index (κ2) is 5.13. The molecule has 0 spiro atoms. The quantitative estimate of drug-likeness (QED) is 0.907. The van der Waals surface area contributed by atoms with Crippen LogP contribution in [-0.2, 0) is 10.0 Å². The van der Waals surface area contributed by atoms with Gasteiger partial charge < -0.3 is 5.11 Å². The van der Waals surface area contributed by atoms with E-state index in [9.17, 15) is 13.5 Å². The van der Waals surface area contributed by atoms with Gasteiger partial charge in [-0.15, -0.1) is 0 Å². The summed E-state index contributed by atoms with van der Waals surface area (Å²) in [6, 6.07) is 6.13. The van der Waals surface area contributed by atoms with Crippen LogP contribution in [-0.4, -0.2) is 30.9 Å². The van der Waals surface area contributed by atoms with E-state index in [2.05, 4.69) is 13.8 Å². The van der Waals surface area contributed by atoms with Crippen molar-refractivity contribution in [2.45, 2.75) is 38.0 Å². The van der Waals surface area contributed by atoms with Crippen molar-refractivity contribution in [3.8, 4) is 5.75 Å². The molecule has 0 amide bonds. The average molecular weight is 283 g/mol. The van der Waals surface area contributed by atoms with Crippen LogP contribution in [0.1, 0.15) is 33.1 Å². The summed E-state index contributed by atoms with van der Waals surface area (Å²) in [7, 11) is -3.58. The van der Waals surface area contributed by atoms with Gasteiger partial charge in [-0.25, -0.2) is 8.42 Å². The van der Waals surface area contributed by atoms with Crippen molar-refractivity contribution in [2.24, 2.45) is 5.41 Å². The molecule has 0 radical (unpaired) electrons. The average Bonchev–Trinajstić information content (AvgIpc) is 2.51. The largest absolute Gasteiger partial charge is 0.507 e. The van der Waals surface area contributed by atoms with Crippen LogP contribution >= 0.6 is 0 Å². The van der Waals surface area contributed by atoms with Gasteiger partial charge in [0.05, 0.1) is 0 Å². The molecule has 1 aromatic rings. The minimum absolute atomic E-state index is 0.00899. The highest BCUT2D eigenvalue weighted by atomic mass is 32.2. The number of benzene rings is 1. The third-order valence-electron chi connectivity index (χ3n) is 3.78. The van der Waals surface area contributed by atoms with Crippen LogP contribution in [0.25, 0.3) is 0 Å². The molecule has 1 heterocycles. The van der Waals surface area contributed by atoms with Crippen LogP contribution < -0.4 is 0 Å². The van der Waals surface area contributed by atoms with E-state index in [1.54, 1.807) is 12.1 Å². The first kappa shape index (κ1) is 14.3. The van der Waals surface area contributed by atoms with Gasteiger partial charge in [0.2, 0.25) is 10.0 Å². The Morgan fingerprint density at radius 3 is 2.53 bits per heavy atom. The fourth-order valence-electron chi connectivity index (χ4n) is 2.45. The lowest BCUT2D eigenvalue weighted by atomic mass is 9.85. The van der Waals surface area contributed by atoms with Crippen LogP contribution in [0.2, 0.25) is 0 Å². The SMILES string of the molecule is CC1(C)CCCN(S(=O)(=O)c2ccccc2O)CC1. The van der Waals surface area contributed by atoms with Gasteiger partial charge in [0.15, 0.2) is 0 Å². The number of para-hydroxylation sites is 1. The topological polar surface area (TPSA) is 57.6 Å². The Bertz CT molecular complexity index is 552. The Hall–Kier alpha value is -1.07. The van der Waals surface area contributed by atoms with Gasteiger partial charge in [-0.05, 0) is 36.8 Å². The molecule has 1 aliphatic rings. The van der Waals surface area contributed by atoms with Crippen molar-refractivity contribution >= 4 is 10.0 Å². The standard InChI is InChI=1S/C14H21NO3S/c1-14(2)8-5-10-15(11-9-14)19(17,18)13-7-4-3-6-12(13)16/h3-4,6-7,16H,5,8-11H2,1-2H3. The maximum absolute atomic E-state index is 12.5. The predicted molar refractivity (Wildman–Crippen MR) is 74.5 cm³/mol. The Kier molecular flexibility index (Phi) is 3.87. The molecular formula is C14H21NO3S. The molecule has 106 valence electrons. The number of nitrogens with zero attached hydrogens (tertiary/aromatic N) is 1. The molecule has 2 rings (SSSR count). The zero-order valence-electron chi connectivity index (χ0n) is 11.5. The molecule has 1 aromatic carbocycles. The van der Waals surface area contributed by atoms with Crippen LogP contribution in [0, 0.1) is 5.41 Å². The second-order valence-electron chi connectivity index (χ2n) is 5.89. The number of phenolic OH excluding ortho intramolecular Hbond substituents is 1. The molecule has 19 heavy (non-hydrogen) atoms. The van der Waals surface area contributed by atoms with E-state index in [4.69, 9.17) is 0 Å². The molecule has 0 atom stereocenters. The number of hydrogen-bond donors (Lipinski definition) is 1. The summed E-state index contributed by atoms with van der Waals surface area (Å²) in [4.78, 5) is 0.00899. The highest BCUT2D eigenvalue weighted by Crippen LogP contribution is 2.33. The smallest absolute Gasteiger partial charge is 0.246 e. The lowest BCUT2D eigenvalue weighted by Crippen LogP contribution is -2.32. The Labute approximate surface area is 115 Å². The highest BCUT2D eigenvalue weighted by molar-refractivity contribution is 7.89. The van der Waals surface area contributed by atoms with Crippen molar-refractivity contribution in [3.05, 3.63) is 24.3 Å². The lowest BCUT2D eigenvalue weighted by molar-refractivity contribution is 0.314. The maximum Gasteiger partial charge on any atom is 0.246 e. The van der Waals surface area contributed by atoms with Crippen LogP contribution in [0.5, 0.6) is 5.75 Å². The summed E-state index contributed by atoms with van der Waals surface area (Å²) in [6.07, 6.45) is 2.74. The van der Waals surface area contributed by atoms with Gasteiger partial charge >= 0.3 is 0 Å². The zero-order valence-corrected chi connectivity index (χ0v) is 12.3. The minimum Gasteiger partial charge on any atom is -0.507 e. The van der Waals surface area contributed by atoms with Gasteiger partial charge in [0.1, 0.15) is 10.6 Å².